The van der Waals surface area contributed by atoms with Gasteiger partial charge in [0.05, 0.1) is 12.8 Å². The van der Waals surface area contributed by atoms with Gasteiger partial charge in [-0.15, -0.1) is 0 Å². The van der Waals surface area contributed by atoms with Crippen LogP contribution in [0.25, 0.3) is 0 Å². The number of benzene rings is 1. The summed E-state index contributed by atoms with van der Waals surface area (Å²) in [7, 11) is 0. The number of hydrogen-bond donors (Lipinski definition) is 1. The van der Waals surface area contributed by atoms with E-state index in [4.69, 9.17) is 5.11 Å². The van der Waals surface area contributed by atoms with E-state index in [-0.39, 0.29) is 31.1 Å². The number of carbonyl (C=O) groups is 3. The van der Waals surface area contributed by atoms with Crippen LogP contribution in [0.1, 0.15) is 35.7 Å². The molecule has 0 saturated carbocycles. The molecular formula is C14H15NO4. The number of carboxylic acid groups (broad SMARTS) is 1. The number of ketones is 1. The minimum atomic E-state index is -0.931. The largest absolute Gasteiger partial charge is 0.481 e. The van der Waals surface area contributed by atoms with Crippen molar-refractivity contribution in [2.75, 3.05) is 11.4 Å². The molecule has 0 aromatic heterocycles. The molecule has 0 unspecified atom stereocenters. The van der Waals surface area contributed by atoms with Crippen molar-refractivity contribution in [2.24, 2.45) is 0 Å². The molecule has 1 aliphatic heterocycles. The van der Waals surface area contributed by atoms with Gasteiger partial charge in [0.25, 0.3) is 0 Å². The van der Waals surface area contributed by atoms with Crippen molar-refractivity contribution in [3.63, 3.8) is 0 Å². The number of fused-ring (bicyclic) bond motifs is 1. The summed E-state index contributed by atoms with van der Waals surface area (Å²) in [6.45, 7) is 1.96. The molecule has 0 aliphatic carbocycles. The summed E-state index contributed by atoms with van der Waals surface area (Å²) in [6, 6.07) is 5.15. The molecule has 0 radical (unpaired) electrons. The predicted octanol–water partition coefficient (Wildman–Crippen LogP) is 1.64. The maximum atomic E-state index is 11.8. The first-order valence-electron chi connectivity index (χ1n) is 6.21. The molecule has 1 aliphatic rings. The van der Waals surface area contributed by atoms with Crippen LogP contribution in [0.3, 0.4) is 0 Å². The highest BCUT2D eigenvalue weighted by Crippen LogP contribution is 2.30. The fraction of sp³-hybridized carbons (Fsp3) is 0.357. The number of carboxylic acids is 1. The number of hydrogen-bond acceptors (Lipinski definition) is 3. The second kappa shape index (κ2) is 5.22. The Hall–Kier alpha value is -2.17. The summed E-state index contributed by atoms with van der Waals surface area (Å²) >= 11 is 0. The molecule has 19 heavy (non-hydrogen) atoms. The minimum absolute atomic E-state index is 0.0410. The predicted molar refractivity (Wildman–Crippen MR) is 69.4 cm³/mol. The highest BCUT2D eigenvalue weighted by Gasteiger charge is 2.27. The minimum Gasteiger partial charge on any atom is -0.481 e. The number of Topliss-reactive ketones (excluding diaryl/α,β-unsaturated/α-hetero) is 1. The smallest absolute Gasteiger partial charge is 0.305 e. The number of carbonyl (C=O) groups excluding carboxylic acids is 2. The highest BCUT2D eigenvalue weighted by molar-refractivity contribution is 6.03. The van der Waals surface area contributed by atoms with Gasteiger partial charge in [-0.25, -0.2) is 0 Å². The summed E-state index contributed by atoms with van der Waals surface area (Å²) in [5.41, 5.74) is 2.13. The average Bonchev–Trinajstić information content (AvgIpc) is 2.69. The summed E-state index contributed by atoms with van der Waals surface area (Å²) in [5, 5.41) is 8.67. The number of amides is 1. The third kappa shape index (κ3) is 2.65. The maximum absolute atomic E-state index is 11.8. The van der Waals surface area contributed by atoms with Gasteiger partial charge in [0.2, 0.25) is 5.91 Å². The third-order valence-corrected chi connectivity index (χ3v) is 3.21. The van der Waals surface area contributed by atoms with E-state index in [1.807, 2.05) is 0 Å². The Morgan fingerprint density at radius 1 is 1.37 bits per heavy atom. The normalized spacial score (nSPS) is 13.5. The lowest BCUT2D eigenvalue weighted by Gasteiger charge is -2.16. The lowest BCUT2D eigenvalue weighted by molar-refractivity contribution is -0.136. The molecule has 1 heterocycles. The van der Waals surface area contributed by atoms with Crippen LogP contribution in [0, 0.1) is 0 Å². The van der Waals surface area contributed by atoms with Crippen LogP contribution in [0.4, 0.5) is 5.69 Å². The molecule has 5 nitrogen and oxygen atoms in total. The molecule has 100 valence electrons. The van der Waals surface area contributed by atoms with Crippen molar-refractivity contribution in [2.45, 2.75) is 26.2 Å². The van der Waals surface area contributed by atoms with E-state index in [9.17, 15) is 14.4 Å². The van der Waals surface area contributed by atoms with E-state index < -0.39 is 5.97 Å². The van der Waals surface area contributed by atoms with Gasteiger partial charge < -0.3 is 10.0 Å². The van der Waals surface area contributed by atoms with Gasteiger partial charge in [-0.05, 0) is 23.8 Å². The number of nitrogens with zero attached hydrogens (tertiary/aromatic N) is 1. The molecule has 2 rings (SSSR count). The molecular weight excluding hydrogens is 246 g/mol. The Morgan fingerprint density at radius 2 is 2.11 bits per heavy atom. The summed E-state index contributed by atoms with van der Waals surface area (Å²) in [6.07, 6.45) is 0.579. The monoisotopic (exact) mass is 261 g/mol. The summed E-state index contributed by atoms with van der Waals surface area (Å²) in [5.74, 6) is -1.00. The lowest BCUT2D eigenvalue weighted by atomic mass is 10.0. The van der Waals surface area contributed by atoms with Crippen molar-refractivity contribution in [1.29, 1.82) is 0 Å². The quantitative estimate of drug-likeness (QED) is 0.818. The number of anilines is 1. The average molecular weight is 261 g/mol. The second-order valence-electron chi connectivity index (χ2n) is 4.49. The van der Waals surface area contributed by atoms with E-state index in [1.165, 1.54) is 4.90 Å². The van der Waals surface area contributed by atoms with Crippen molar-refractivity contribution in [3.05, 3.63) is 29.3 Å². The van der Waals surface area contributed by atoms with Crippen molar-refractivity contribution in [1.82, 2.24) is 0 Å². The van der Waals surface area contributed by atoms with Crippen LogP contribution in [0.2, 0.25) is 0 Å². The topological polar surface area (TPSA) is 74.7 Å². The first kappa shape index (κ1) is 13.3. The zero-order chi connectivity index (χ0) is 14.0. The van der Waals surface area contributed by atoms with Crippen LogP contribution in [0.5, 0.6) is 0 Å². The van der Waals surface area contributed by atoms with Crippen molar-refractivity contribution < 1.29 is 19.5 Å². The van der Waals surface area contributed by atoms with Crippen LogP contribution in [-0.2, 0) is 16.0 Å². The third-order valence-electron chi connectivity index (χ3n) is 3.21. The number of aliphatic carboxylic acids is 1. The van der Waals surface area contributed by atoms with E-state index in [2.05, 4.69) is 0 Å². The molecule has 1 aromatic rings. The van der Waals surface area contributed by atoms with E-state index in [0.29, 0.717) is 12.0 Å². The Kier molecular flexibility index (Phi) is 3.64. The van der Waals surface area contributed by atoms with Crippen LogP contribution < -0.4 is 4.90 Å². The summed E-state index contributed by atoms with van der Waals surface area (Å²) < 4.78 is 0. The Morgan fingerprint density at radius 3 is 2.74 bits per heavy atom. The Bertz CT molecular complexity index is 550. The van der Waals surface area contributed by atoms with E-state index in [0.717, 1.165) is 11.3 Å². The zero-order valence-corrected chi connectivity index (χ0v) is 10.7. The lowest BCUT2D eigenvalue weighted by Crippen LogP contribution is -2.29. The molecule has 5 heteroatoms. The first-order chi connectivity index (χ1) is 9.02. The van der Waals surface area contributed by atoms with Crippen molar-refractivity contribution in [3.8, 4) is 0 Å². The molecule has 1 N–H and O–H groups in total. The van der Waals surface area contributed by atoms with Gasteiger partial charge >= 0.3 is 5.97 Å². The molecule has 0 spiro atoms. The standard InChI is InChI=1S/C14H15NO4/c1-2-12(16)9-3-4-11-10(7-9)8-13(17)15(11)6-5-14(18)19/h3-4,7H,2,5-6,8H2,1H3,(H,18,19). The second-order valence-corrected chi connectivity index (χ2v) is 4.49. The fourth-order valence-electron chi connectivity index (χ4n) is 2.21. The van der Waals surface area contributed by atoms with Gasteiger partial charge in [-0.2, -0.15) is 0 Å². The van der Waals surface area contributed by atoms with Gasteiger partial charge in [0, 0.05) is 24.2 Å². The molecule has 0 bridgehead atoms. The van der Waals surface area contributed by atoms with Crippen LogP contribution >= 0.6 is 0 Å². The summed E-state index contributed by atoms with van der Waals surface area (Å²) in [4.78, 5) is 35.5. The van der Waals surface area contributed by atoms with Crippen molar-refractivity contribution >= 4 is 23.3 Å². The first-order valence-corrected chi connectivity index (χ1v) is 6.21. The highest BCUT2D eigenvalue weighted by atomic mass is 16.4. The Balaban J connectivity index is 2.24. The van der Waals surface area contributed by atoms with Gasteiger partial charge in [-0.1, -0.05) is 6.92 Å². The fourth-order valence-corrected chi connectivity index (χ4v) is 2.21. The molecule has 1 amide bonds. The van der Waals surface area contributed by atoms with E-state index >= 15 is 0 Å². The van der Waals surface area contributed by atoms with Gasteiger partial charge in [0.1, 0.15) is 0 Å². The molecule has 0 fully saturated rings. The van der Waals surface area contributed by atoms with Crippen LogP contribution in [-0.4, -0.2) is 29.3 Å². The number of rotatable bonds is 5. The zero-order valence-electron chi connectivity index (χ0n) is 10.7. The molecule has 0 atom stereocenters. The molecule has 1 aromatic carbocycles. The molecule has 0 saturated heterocycles. The maximum Gasteiger partial charge on any atom is 0.305 e. The SMILES string of the molecule is CCC(=O)c1ccc2c(c1)CC(=O)N2CCC(=O)O. The van der Waals surface area contributed by atoms with Gasteiger partial charge in [0.15, 0.2) is 5.78 Å². The van der Waals surface area contributed by atoms with Gasteiger partial charge in [-0.3, -0.25) is 14.4 Å². The Labute approximate surface area is 110 Å². The van der Waals surface area contributed by atoms with E-state index in [1.54, 1.807) is 25.1 Å². The van der Waals surface area contributed by atoms with Crippen LogP contribution in [0.15, 0.2) is 18.2 Å².